The van der Waals surface area contributed by atoms with Crippen LogP contribution in [0.1, 0.15) is 18.1 Å². The van der Waals surface area contributed by atoms with Crippen LogP contribution in [0.5, 0.6) is 0 Å². The highest BCUT2D eigenvalue weighted by atomic mass is 32.2. The van der Waals surface area contributed by atoms with Crippen LogP contribution in [0.3, 0.4) is 0 Å². The Kier molecular flexibility index (Phi) is 6.58. The van der Waals surface area contributed by atoms with E-state index in [9.17, 15) is 18.0 Å². The van der Waals surface area contributed by atoms with E-state index in [4.69, 9.17) is 0 Å². The van der Waals surface area contributed by atoms with Gasteiger partial charge in [-0.05, 0) is 63.2 Å². The molecular weight excluding hydrogens is 470 g/mol. The van der Waals surface area contributed by atoms with E-state index in [1.54, 1.807) is 59.2 Å². The average molecular weight is 496 g/mol. The van der Waals surface area contributed by atoms with Crippen LogP contribution in [-0.2, 0) is 21.4 Å². The zero-order valence-corrected chi connectivity index (χ0v) is 20.7. The van der Waals surface area contributed by atoms with Crippen molar-refractivity contribution in [2.24, 2.45) is 0 Å². The van der Waals surface area contributed by atoms with Crippen molar-refractivity contribution in [2.75, 3.05) is 16.2 Å². The first-order chi connectivity index (χ1) is 16.2. The number of sulfonamides is 1. The monoisotopic (exact) mass is 495 g/mol. The third-order valence-corrected chi connectivity index (χ3v) is 8.22. The molecule has 4 rings (SSSR count). The number of nitrogens with zero attached hydrogens (tertiary/aromatic N) is 2. The quantitative estimate of drug-likeness (QED) is 0.408. The molecule has 1 heterocycles. The summed E-state index contributed by atoms with van der Waals surface area (Å²) in [6, 6.07) is 18.7. The molecular formula is C25H25N3O4S2. The Morgan fingerprint density at radius 3 is 2.21 bits per heavy atom. The van der Waals surface area contributed by atoms with Gasteiger partial charge in [0.1, 0.15) is 6.54 Å². The normalized spacial score (nSPS) is 11.5. The summed E-state index contributed by atoms with van der Waals surface area (Å²) in [5.41, 5.74) is 3.62. The first-order valence-electron chi connectivity index (χ1n) is 10.8. The van der Waals surface area contributed by atoms with Crippen LogP contribution in [0, 0.1) is 13.8 Å². The molecule has 0 unspecified atom stereocenters. The van der Waals surface area contributed by atoms with Gasteiger partial charge in [-0.1, -0.05) is 46.7 Å². The van der Waals surface area contributed by atoms with Gasteiger partial charge in [0.15, 0.2) is 0 Å². The Morgan fingerprint density at radius 2 is 1.59 bits per heavy atom. The van der Waals surface area contributed by atoms with E-state index in [1.807, 2.05) is 20.8 Å². The summed E-state index contributed by atoms with van der Waals surface area (Å²) in [4.78, 5) is 25.1. The molecule has 7 nitrogen and oxygen atoms in total. The van der Waals surface area contributed by atoms with Gasteiger partial charge in [-0.2, -0.15) is 0 Å². The van der Waals surface area contributed by atoms with Crippen molar-refractivity contribution in [3.8, 4) is 0 Å². The molecule has 0 atom stereocenters. The Morgan fingerprint density at radius 1 is 0.971 bits per heavy atom. The molecule has 0 fully saturated rings. The smallest absolute Gasteiger partial charge is 0.308 e. The van der Waals surface area contributed by atoms with Gasteiger partial charge in [0.25, 0.3) is 10.0 Å². The van der Waals surface area contributed by atoms with Gasteiger partial charge < -0.3 is 5.32 Å². The lowest BCUT2D eigenvalue weighted by Gasteiger charge is -2.24. The Bertz CT molecular complexity index is 1500. The second-order valence-corrected chi connectivity index (χ2v) is 10.9. The second kappa shape index (κ2) is 9.44. The van der Waals surface area contributed by atoms with Crippen LogP contribution in [0.15, 0.2) is 76.4 Å². The third kappa shape index (κ3) is 4.76. The molecule has 0 saturated carbocycles. The molecule has 4 aromatic rings. The highest BCUT2D eigenvalue weighted by molar-refractivity contribution is 7.92. The molecule has 0 bridgehead atoms. The SMILES string of the molecule is CCn1c(=O)sc2cc(NC(=O)CN(c3ccc(C)cc3)S(=O)(=O)c3ccc(C)cc3)ccc21. The second-order valence-electron chi connectivity index (χ2n) is 8.00. The van der Waals surface area contributed by atoms with Crippen LogP contribution in [0.2, 0.25) is 0 Å². The van der Waals surface area contributed by atoms with Gasteiger partial charge >= 0.3 is 4.87 Å². The number of amides is 1. The van der Waals surface area contributed by atoms with Gasteiger partial charge in [0.2, 0.25) is 5.91 Å². The molecule has 0 aliphatic carbocycles. The number of aryl methyl sites for hydroxylation is 3. The number of hydrogen-bond acceptors (Lipinski definition) is 5. The Labute approximate surface area is 202 Å². The van der Waals surface area contributed by atoms with E-state index >= 15 is 0 Å². The summed E-state index contributed by atoms with van der Waals surface area (Å²) in [7, 11) is -3.98. The van der Waals surface area contributed by atoms with Crippen molar-refractivity contribution in [1.82, 2.24) is 4.57 Å². The van der Waals surface area contributed by atoms with E-state index in [2.05, 4.69) is 5.32 Å². The molecule has 1 aromatic heterocycles. The lowest BCUT2D eigenvalue weighted by atomic mass is 10.2. The van der Waals surface area contributed by atoms with Crippen LogP contribution in [-0.4, -0.2) is 25.4 Å². The number of thiazole rings is 1. The molecule has 0 saturated heterocycles. The highest BCUT2D eigenvalue weighted by Gasteiger charge is 2.27. The average Bonchev–Trinajstić information content (AvgIpc) is 3.12. The zero-order chi connectivity index (χ0) is 24.5. The van der Waals surface area contributed by atoms with Gasteiger partial charge in [-0.25, -0.2) is 8.42 Å². The van der Waals surface area contributed by atoms with Gasteiger partial charge in [0.05, 0.1) is 20.8 Å². The molecule has 1 N–H and O–H groups in total. The molecule has 9 heteroatoms. The maximum atomic E-state index is 13.5. The molecule has 34 heavy (non-hydrogen) atoms. The first kappa shape index (κ1) is 23.7. The van der Waals surface area contributed by atoms with Crippen LogP contribution in [0.25, 0.3) is 10.2 Å². The molecule has 0 aliphatic heterocycles. The number of carbonyl (C=O) groups excluding carboxylic acids is 1. The van der Waals surface area contributed by atoms with Crippen molar-refractivity contribution >= 4 is 48.9 Å². The summed E-state index contributed by atoms with van der Waals surface area (Å²) in [5.74, 6) is -0.488. The third-order valence-electron chi connectivity index (χ3n) is 5.49. The van der Waals surface area contributed by atoms with E-state index in [0.717, 1.165) is 37.0 Å². The van der Waals surface area contributed by atoms with Crippen LogP contribution in [0.4, 0.5) is 11.4 Å². The molecule has 0 spiro atoms. The first-order valence-corrected chi connectivity index (χ1v) is 13.0. The summed E-state index contributed by atoms with van der Waals surface area (Å²) < 4.78 is 30.5. The topological polar surface area (TPSA) is 88.5 Å². The Hall–Kier alpha value is -3.43. The lowest BCUT2D eigenvalue weighted by molar-refractivity contribution is -0.114. The summed E-state index contributed by atoms with van der Waals surface area (Å²) in [6.07, 6.45) is 0. The van der Waals surface area contributed by atoms with Gasteiger partial charge in [-0.3, -0.25) is 18.5 Å². The number of hydrogen-bond donors (Lipinski definition) is 1. The van der Waals surface area contributed by atoms with E-state index in [0.29, 0.717) is 17.9 Å². The number of rotatable bonds is 7. The molecule has 176 valence electrons. The van der Waals surface area contributed by atoms with Crippen molar-refractivity contribution in [1.29, 1.82) is 0 Å². The van der Waals surface area contributed by atoms with Crippen LogP contribution < -0.4 is 14.5 Å². The minimum absolute atomic E-state index is 0.0595. The fraction of sp³-hybridized carbons (Fsp3) is 0.200. The summed E-state index contributed by atoms with van der Waals surface area (Å²) in [6.45, 7) is 5.85. The molecule has 3 aromatic carbocycles. The largest absolute Gasteiger partial charge is 0.324 e. The number of fused-ring (bicyclic) bond motifs is 1. The fourth-order valence-electron chi connectivity index (χ4n) is 3.64. The van der Waals surface area contributed by atoms with Crippen molar-refractivity contribution in [3.05, 3.63) is 87.5 Å². The fourth-order valence-corrected chi connectivity index (χ4v) is 6.05. The maximum Gasteiger partial charge on any atom is 0.308 e. The van der Waals surface area contributed by atoms with E-state index < -0.39 is 22.5 Å². The summed E-state index contributed by atoms with van der Waals surface area (Å²) in [5, 5.41) is 2.78. The molecule has 0 aliphatic rings. The zero-order valence-electron chi connectivity index (χ0n) is 19.1. The maximum absolute atomic E-state index is 13.5. The predicted molar refractivity (Wildman–Crippen MR) is 137 cm³/mol. The van der Waals surface area contributed by atoms with Crippen molar-refractivity contribution < 1.29 is 13.2 Å². The molecule has 1 amide bonds. The summed E-state index contributed by atoms with van der Waals surface area (Å²) >= 11 is 1.11. The number of anilines is 2. The van der Waals surface area contributed by atoms with Gasteiger partial charge in [0, 0.05) is 12.2 Å². The van der Waals surface area contributed by atoms with Crippen molar-refractivity contribution in [2.45, 2.75) is 32.2 Å². The lowest BCUT2D eigenvalue weighted by Crippen LogP contribution is -2.38. The van der Waals surface area contributed by atoms with Crippen molar-refractivity contribution in [3.63, 3.8) is 0 Å². The molecule has 0 radical (unpaired) electrons. The van der Waals surface area contributed by atoms with E-state index in [1.165, 1.54) is 12.1 Å². The number of aromatic nitrogens is 1. The standard InChI is InChI=1S/C25H25N3O4S2/c1-4-27-22-14-9-19(15-23(22)33-25(27)30)26-24(29)16-28(20-10-5-17(2)6-11-20)34(31,32)21-12-7-18(3)8-13-21/h5-15H,4,16H2,1-3H3,(H,26,29). The Balaban J connectivity index is 1.64. The minimum Gasteiger partial charge on any atom is -0.324 e. The van der Waals surface area contributed by atoms with Crippen LogP contribution >= 0.6 is 11.3 Å². The van der Waals surface area contributed by atoms with Gasteiger partial charge in [-0.15, -0.1) is 0 Å². The number of carbonyl (C=O) groups is 1. The predicted octanol–water partition coefficient (Wildman–Crippen LogP) is 4.53. The van der Waals surface area contributed by atoms with E-state index in [-0.39, 0.29) is 9.77 Å². The number of benzene rings is 3. The minimum atomic E-state index is -3.98. The number of nitrogens with one attached hydrogen (secondary N) is 1. The highest BCUT2D eigenvalue weighted by Crippen LogP contribution is 2.25.